The maximum atomic E-state index is 12.1. The summed E-state index contributed by atoms with van der Waals surface area (Å²) in [4.78, 5) is 23.2. The molecule has 0 radical (unpaired) electrons. The second-order valence-corrected chi connectivity index (χ2v) is 6.28. The minimum absolute atomic E-state index is 0.0121. The molecule has 0 saturated carbocycles. The average Bonchev–Trinajstić information content (AvgIpc) is 2.84. The number of nitrogen functional groups attached to an aromatic ring is 1. The highest BCUT2D eigenvalue weighted by Gasteiger charge is 2.19. The van der Waals surface area contributed by atoms with Crippen molar-refractivity contribution < 1.29 is 9.72 Å². The first-order valence-corrected chi connectivity index (χ1v) is 7.68. The van der Waals surface area contributed by atoms with Crippen LogP contribution in [-0.4, -0.2) is 10.8 Å². The molecule has 0 aliphatic rings. The van der Waals surface area contributed by atoms with Gasteiger partial charge in [-0.3, -0.25) is 14.9 Å². The topological polar surface area (TPSA) is 98.3 Å². The van der Waals surface area contributed by atoms with Crippen LogP contribution in [0.1, 0.15) is 15.2 Å². The number of amides is 1. The molecule has 1 aromatic heterocycles. The predicted molar refractivity (Wildman–Crippen MR) is 85.7 cm³/mol. The van der Waals surface area contributed by atoms with Crippen LogP contribution in [-0.2, 0) is 6.54 Å². The number of nitro groups is 1. The van der Waals surface area contributed by atoms with Gasteiger partial charge in [-0.2, -0.15) is 0 Å². The lowest BCUT2D eigenvalue weighted by atomic mass is 10.1. The van der Waals surface area contributed by atoms with E-state index in [-0.39, 0.29) is 28.5 Å². The number of nitrogens with one attached hydrogen (secondary N) is 1. The number of thiophene rings is 1. The lowest BCUT2D eigenvalue weighted by molar-refractivity contribution is -0.384. The van der Waals surface area contributed by atoms with Crippen LogP contribution in [0.2, 0.25) is 5.02 Å². The molecule has 0 atom stereocenters. The number of carbonyl (C=O) groups is 1. The van der Waals surface area contributed by atoms with Gasteiger partial charge in [0.2, 0.25) is 0 Å². The number of halogens is 2. The number of nitrogens with two attached hydrogens (primary N) is 1. The number of hydrogen-bond donors (Lipinski definition) is 2. The van der Waals surface area contributed by atoms with E-state index in [0.717, 1.165) is 21.5 Å². The zero-order valence-corrected chi connectivity index (χ0v) is 13.6. The normalized spacial score (nSPS) is 10.4. The van der Waals surface area contributed by atoms with Gasteiger partial charge in [-0.15, -0.1) is 11.3 Å². The molecule has 0 unspecified atom stereocenters. The first kappa shape index (κ1) is 15.7. The quantitative estimate of drug-likeness (QED) is 0.473. The number of carbonyl (C=O) groups excluding carboxylic acids is 1. The highest BCUT2D eigenvalue weighted by atomic mass is 79.9. The molecule has 1 amide bonds. The van der Waals surface area contributed by atoms with Gasteiger partial charge < -0.3 is 11.1 Å². The Hall–Kier alpha value is -1.64. The van der Waals surface area contributed by atoms with Crippen molar-refractivity contribution in [3.8, 4) is 0 Å². The summed E-state index contributed by atoms with van der Waals surface area (Å²) in [5.41, 5.74) is 5.43. The van der Waals surface area contributed by atoms with Gasteiger partial charge in [-0.25, -0.2) is 0 Å². The van der Waals surface area contributed by atoms with E-state index >= 15 is 0 Å². The number of non-ortho nitro benzene ring substituents is 1. The molecule has 110 valence electrons. The third kappa shape index (κ3) is 3.52. The van der Waals surface area contributed by atoms with Crippen molar-refractivity contribution >= 4 is 56.1 Å². The van der Waals surface area contributed by atoms with Crippen molar-refractivity contribution in [2.75, 3.05) is 5.73 Å². The van der Waals surface area contributed by atoms with Crippen LogP contribution in [0.15, 0.2) is 28.1 Å². The highest BCUT2D eigenvalue weighted by Crippen LogP contribution is 2.29. The summed E-state index contributed by atoms with van der Waals surface area (Å²) in [5, 5.41) is 15.3. The van der Waals surface area contributed by atoms with E-state index in [1.165, 1.54) is 11.3 Å². The molecule has 1 heterocycles. The summed E-state index contributed by atoms with van der Waals surface area (Å²) in [7, 11) is 0. The number of hydrogen-bond acceptors (Lipinski definition) is 5. The first-order valence-electron chi connectivity index (χ1n) is 5.63. The van der Waals surface area contributed by atoms with Crippen LogP contribution in [0.25, 0.3) is 0 Å². The van der Waals surface area contributed by atoms with Crippen LogP contribution in [0.3, 0.4) is 0 Å². The van der Waals surface area contributed by atoms with Gasteiger partial charge in [-0.05, 0) is 27.4 Å². The molecule has 0 aliphatic heterocycles. The Balaban J connectivity index is 2.22. The van der Waals surface area contributed by atoms with Crippen molar-refractivity contribution in [1.29, 1.82) is 0 Å². The third-order valence-corrected chi connectivity index (χ3v) is 4.91. The van der Waals surface area contributed by atoms with E-state index in [9.17, 15) is 14.9 Å². The Morgan fingerprint density at radius 2 is 2.24 bits per heavy atom. The lowest BCUT2D eigenvalue weighted by Gasteiger charge is -2.08. The Morgan fingerprint density at radius 3 is 2.81 bits per heavy atom. The van der Waals surface area contributed by atoms with E-state index in [4.69, 9.17) is 17.3 Å². The largest absolute Gasteiger partial charge is 0.397 e. The van der Waals surface area contributed by atoms with Gasteiger partial charge in [0, 0.05) is 21.5 Å². The molecule has 6 nitrogen and oxygen atoms in total. The van der Waals surface area contributed by atoms with E-state index in [1.807, 2.05) is 11.4 Å². The van der Waals surface area contributed by atoms with Crippen LogP contribution in [0, 0.1) is 10.1 Å². The first-order chi connectivity index (χ1) is 9.90. The van der Waals surface area contributed by atoms with Gasteiger partial charge in [0.15, 0.2) is 0 Å². The predicted octanol–water partition coefficient (Wildman–Crippen LogP) is 3.58. The second kappa shape index (κ2) is 6.42. The van der Waals surface area contributed by atoms with Crippen LogP contribution < -0.4 is 11.1 Å². The second-order valence-electron chi connectivity index (χ2n) is 4.02. The molecule has 9 heteroatoms. The Bertz CT molecular complexity index is 720. The number of benzene rings is 1. The van der Waals surface area contributed by atoms with Crippen molar-refractivity contribution in [1.82, 2.24) is 5.32 Å². The minimum Gasteiger partial charge on any atom is -0.397 e. The Morgan fingerprint density at radius 1 is 1.52 bits per heavy atom. The maximum absolute atomic E-state index is 12.1. The summed E-state index contributed by atoms with van der Waals surface area (Å²) in [5.74, 6) is -0.515. The van der Waals surface area contributed by atoms with Gasteiger partial charge >= 0.3 is 0 Å². The average molecular weight is 391 g/mol. The third-order valence-electron chi connectivity index (χ3n) is 2.67. The molecule has 3 N–H and O–H groups in total. The van der Waals surface area contributed by atoms with Crippen molar-refractivity contribution in [2.45, 2.75) is 6.54 Å². The molecule has 2 aromatic rings. The fourth-order valence-electron chi connectivity index (χ4n) is 1.60. The lowest BCUT2D eigenvalue weighted by Crippen LogP contribution is -2.23. The fraction of sp³-hybridized carbons (Fsp3) is 0.0833. The molecule has 1 aromatic carbocycles. The number of anilines is 1. The van der Waals surface area contributed by atoms with E-state index in [0.29, 0.717) is 0 Å². The molecular weight excluding hydrogens is 382 g/mol. The highest BCUT2D eigenvalue weighted by molar-refractivity contribution is 9.10. The van der Waals surface area contributed by atoms with Gasteiger partial charge in [0.1, 0.15) is 0 Å². The summed E-state index contributed by atoms with van der Waals surface area (Å²) < 4.78 is 0.887. The molecular formula is C12H9BrClN3O3S. The molecule has 0 bridgehead atoms. The molecule has 0 spiro atoms. The molecule has 0 saturated heterocycles. The minimum atomic E-state index is -0.627. The van der Waals surface area contributed by atoms with E-state index in [1.54, 1.807) is 0 Å². The standard InChI is InChI=1S/C12H9BrClN3O3S/c13-8-1-2-21-10(8)5-16-12(18)7-3-6(17(19)20)4-9(14)11(7)15/h1-4H,5,15H2,(H,16,18). The van der Waals surface area contributed by atoms with Crippen molar-refractivity contribution in [2.24, 2.45) is 0 Å². The monoisotopic (exact) mass is 389 g/mol. The van der Waals surface area contributed by atoms with E-state index < -0.39 is 10.8 Å². The summed E-state index contributed by atoms with van der Waals surface area (Å²) in [6.45, 7) is 0.289. The van der Waals surface area contributed by atoms with Gasteiger partial charge in [-0.1, -0.05) is 11.6 Å². The summed E-state index contributed by atoms with van der Waals surface area (Å²) in [6, 6.07) is 4.09. The fourth-order valence-corrected chi connectivity index (χ4v) is 3.25. The molecule has 21 heavy (non-hydrogen) atoms. The SMILES string of the molecule is Nc1c(Cl)cc([N+](=O)[O-])cc1C(=O)NCc1sccc1Br. The summed E-state index contributed by atoms with van der Waals surface area (Å²) >= 11 is 10.6. The maximum Gasteiger partial charge on any atom is 0.271 e. The number of nitrogens with zero attached hydrogens (tertiary/aromatic N) is 1. The van der Waals surface area contributed by atoms with E-state index in [2.05, 4.69) is 21.2 Å². The summed E-state index contributed by atoms with van der Waals surface area (Å²) in [6.07, 6.45) is 0. The zero-order chi connectivity index (χ0) is 15.6. The number of rotatable bonds is 4. The number of nitro benzene ring substituents is 1. The van der Waals surface area contributed by atoms with Crippen molar-refractivity contribution in [3.63, 3.8) is 0 Å². The van der Waals surface area contributed by atoms with Crippen LogP contribution in [0.5, 0.6) is 0 Å². The van der Waals surface area contributed by atoms with Crippen LogP contribution in [0.4, 0.5) is 11.4 Å². The smallest absolute Gasteiger partial charge is 0.271 e. The van der Waals surface area contributed by atoms with Gasteiger partial charge in [0.05, 0.1) is 27.7 Å². The van der Waals surface area contributed by atoms with Crippen molar-refractivity contribution in [3.05, 3.63) is 53.6 Å². The Kier molecular flexibility index (Phi) is 4.81. The van der Waals surface area contributed by atoms with Crippen LogP contribution >= 0.6 is 38.9 Å². The van der Waals surface area contributed by atoms with Gasteiger partial charge in [0.25, 0.3) is 11.6 Å². The zero-order valence-electron chi connectivity index (χ0n) is 10.4. The molecule has 2 rings (SSSR count). The molecule has 0 fully saturated rings. The Labute approximate surface area is 137 Å². The molecule has 0 aliphatic carbocycles.